The molecule has 2 amide bonds. The van der Waals surface area contributed by atoms with Crippen molar-refractivity contribution in [3.63, 3.8) is 0 Å². The van der Waals surface area contributed by atoms with Gasteiger partial charge in [-0.25, -0.2) is 0 Å². The van der Waals surface area contributed by atoms with Gasteiger partial charge < -0.3 is 20.6 Å². The molecule has 4 aromatic carbocycles. The molecule has 4 aromatic rings. The molecule has 1 saturated heterocycles. The van der Waals surface area contributed by atoms with E-state index in [0.29, 0.717) is 16.8 Å². The molecule has 0 bridgehead atoms. The van der Waals surface area contributed by atoms with Gasteiger partial charge in [-0.15, -0.1) is 12.4 Å². The Kier molecular flexibility index (Phi) is 10.0. The van der Waals surface area contributed by atoms with Gasteiger partial charge in [0.25, 0.3) is 11.8 Å². The number of nitrogens with one attached hydrogen (secondary N) is 2. The fourth-order valence-corrected chi connectivity index (χ4v) is 4.91. The average Bonchev–Trinajstić information content (AvgIpc) is 3.21. The van der Waals surface area contributed by atoms with Gasteiger partial charge in [-0.1, -0.05) is 54.1 Å². The molecule has 0 unspecified atom stereocenters. The van der Waals surface area contributed by atoms with Gasteiger partial charge in [-0.05, 0) is 67.4 Å². The number of phenolic OH excluding ortho intramolecular Hbond substituents is 1. The Balaban J connectivity index is 0.00000387. The third-order valence-corrected chi connectivity index (χ3v) is 7.18. The van der Waals surface area contributed by atoms with Crippen molar-refractivity contribution < 1.29 is 14.7 Å². The highest BCUT2D eigenvalue weighted by molar-refractivity contribution is 6.11. The van der Waals surface area contributed by atoms with Crippen LogP contribution >= 0.6 is 12.4 Å². The highest BCUT2D eigenvalue weighted by atomic mass is 35.5. The minimum Gasteiger partial charge on any atom is -0.506 e. The summed E-state index contributed by atoms with van der Waals surface area (Å²) in [6.07, 6.45) is 1.07. The molecule has 1 heterocycles. The Labute approximate surface area is 247 Å². The molecule has 212 valence electrons. The first-order valence-electron chi connectivity index (χ1n) is 13.6. The van der Waals surface area contributed by atoms with E-state index in [0.717, 1.165) is 50.4 Å². The third-order valence-electron chi connectivity index (χ3n) is 7.18. The minimum absolute atomic E-state index is 0. The zero-order valence-corrected chi connectivity index (χ0v) is 23.9. The number of rotatable bonds is 7. The summed E-state index contributed by atoms with van der Waals surface area (Å²) in [5.41, 5.74) is 4.87. The maximum absolute atomic E-state index is 13.1. The van der Waals surface area contributed by atoms with Crippen LogP contribution in [0.15, 0.2) is 97.1 Å². The number of hydrogen-bond acceptors (Lipinski definition) is 5. The molecule has 0 saturated carbocycles. The second-order valence-electron chi connectivity index (χ2n) is 10.1. The first-order chi connectivity index (χ1) is 19.5. The summed E-state index contributed by atoms with van der Waals surface area (Å²) in [4.78, 5) is 30.7. The monoisotopic (exact) mass is 570 g/mol. The lowest BCUT2D eigenvalue weighted by Crippen LogP contribution is -2.30. The summed E-state index contributed by atoms with van der Waals surface area (Å²) in [6, 6.07) is 30.0. The van der Waals surface area contributed by atoms with Crippen molar-refractivity contribution in [2.45, 2.75) is 19.9 Å². The van der Waals surface area contributed by atoms with Gasteiger partial charge in [0.1, 0.15) is 11.4 Å². The fraction of sp³-hybridized carbons (Fsp3) is 0.212. The van der Waals surface area contributed by atoms with E-state index >= 15 is 0 Å². The second kappa shape index (κ2) is 13.8. The maximum Gasteiger partial charge on any atom is 0.255 e. The minimum atomic E-state index is -0.371. The SMILES string of the molecule is Cc1ccc(C(=O)Nc2cccc(O)c2NC(=O)c2ccc(N3CCCN(Cc4ccccc4)CC3)cc2)cc1.Cl. The number of aromatic hydroxyl groups is 1. The molecule has 0 atom stereocenters. The van der Waals surface area contributed by atoms with E-state index in [1.54, 1.807) is 36.4 Å². The Morgan fingerprint density at radius 2 is 1.39 bits per heavy atom. The number of aryl methyl sites for hydroxylation is 1. The van der Waals surface area contributed by atoms with Crippen LogP contribution < -0.4 is 15.5 Å². The highest BCUT2D eigenvalue weighted by Gasteiger charge is 2.18. The molecule has 0 radical (unpaired) electrons. The molecule has 3 N–H and O–H groups in total. The van der Waals surface area contributed by atoms with Crippen molar-refractivity contribution in [1.82, 2.24) is 4.90 Å². The molecule has 0 spiro atoms. The summed E-state index contributed by atoms with van der Waals surface area (Å²) in [5, 5.41) is 16.1. The quantitative estimate of drug-likeness (QED) is 0.226. The number of benzene rings is 4. The molecule has 7 nitrogen and oxygen atoms in total. The van der Waals surface area contributed by atoms with E-state index in [2.05, 4.69) is 44.7 Å². The Morgan fingerprint density at radius 3 is 2.10 bits per heavy atom. The third kappa shape index (κ3) is 7.66. The number of anilines is 3. The second-order valence-corrected chi connectivity index (χ2v) is 10.1. The number of phenols is 1. The van der Waals surface area contributed by atoms with E-state index in [4.69, 9.17) is 0 Å². The van der Waals surface area contributed by atoms with E-state index < -0.39 is 0 Å². The van der Waals surface area contributed by atoms with Crippen molar-refractivity contribution in [2.24, 2.45) is 0 Å². The first-order valence-corrected chi connectivity index (χ1v) is 13.6. The van der Waals surface area contributed by atoms with E-state index in [1.807, 2.05) is 37.3 Å². The summed E-state index contributed by atoms with van der Waals surface area (Å²) in [7, 11) is 0. The topological polar surface area (TPSA) is 84.9 Å². The smallest absolute Gasteiger partial charge is 0.255 e. The number of nitrogens with zero attached hydrogens (tertiary/aromatic N) is 2. The van der Waals surface area contributed by atoms with Gasteiger partial charge in [-0.3, -0.25) is 14.5 Å². The molecule has 0 aliphatic carbocycles. The lowest BCUT2D eigenvalue weighted by molar-refractivity contribution is 0.101. The predicted octanol–water partition coefficient (Wildman–Crippen LogP) is 6.34. The van der Waals surface area contributed by atoms with Crippen molar-refractivity contribution in [3.8, 4) is 5.75 Å². The standard InChI is InChI=1S/C33H34N4O3.ClH/c1-24-11-13-26(14-12-24)32(39)34-29-9-5-10-30(38)31(29)35-33(40)27-15-17-28(18-16-27)37-20-6-19-36(21-22-37)23-25-7-3-2-4-8-25;/h2-5,7-18,38H,6,19-23H2,1H3,(H,34,39)(H,35,40);1H. The van der Waals surface area contributed by atoms with Crippen LogP contribution in [-0.4, -0.2) is 48.0 Å². The lowest BCUT2D eigenvalue weighted by Gasteiger charge is -2.24. The molecule has 41 heavy (non-hydrogen) atoms. The van der Waals surface area contributed by atoms with Crippen molar-refractivity contribution >= 4 is 41.3 Å². The van der Waals surface area contributed by atoms with Gasteiger partial charge in [0, 0.05) is 49.5 Å². The number of amides is 2. The summed E-state index contributed by atoms with van der Waals surface area (Å²) >= 11 is 0. The summed E-state index contributed by atoms with van der Waals surface area (Å²) in [6.45, 7) is 6.80. The van der Waals surface area contributed by atoms with E-state index in [1.165, 1.54) is 11.6 Å². The average molecular weight is 571 g/mol. The molecule has 5 rings (SSSR count). The normalized spacial score (nSPS) is 13.5. The van der Waals surface area contributed by atoms with Crippen LogP contribution in [0.3, 0.4) is 0 Å². The van der Waals surface area contributed by atoms with Gasteiger partial charge in [0.15, 0.2) is 0 Å². The van der Waals surface area contributed by atoms with E-state index in [9.17, 15) is 14.7 Å². The number of hydrogen-bond donors (Lipinski definition) is 3. The molecule has 1 aliphatic rings. The summed E-state index contributed by atoms with van der Waals surface area (Å²) in [5.74, 6) is -0.828. The lowest BCUT2D eigenvalue weighted by atomic mass is 10.1. The molecular weight excluding hydrogens is 536 g/mol. The molecule has 8 heteroatoms. The highest BCUT2D eigenvalue weighted by Crippen LogP contribution is 2.32. The van der Waals surface area contributed by atoms with E-state index in [-0.39, 0.29) is 35.7 Å². The Morgan fingerprint density at radius 1 is 0.732 bits per heavy atom. The fourth-order valence-electron chi connectivity index (χ4n) is 4.91. The molecule has 0 aromatic heterocycles. The van der Waals surface area contributed by atoms with Gasteiger partial charge in [0.2, 0.25) is 0 Å². The maximum atomic E-state index is 13.1. The summed E-state index contributed by atoms with van der Waals surface area (Å²) < 4.78 is 0. The van der Waals surface area contributed by atoms with Gasteiger partial charge in [-0.2, -0.15) is 0 Å². The number of para-hydroxylation sites is 1. The van der Waals surface area contributed by atoms with Crippen LogP contribution in [0.4, 0.5) is 17.1 Å². The van der Waals surface area contributed by atoms with Crippen LogP contribution in [0.1, 0.15) is 38.3 Å². The zero-order chi connectivity index (χ0) is 27.9. The van der Waals surface area contributed by atoms with Crippen molar-refractivity contribution in [2.75, 3.05) is 41.7 Å². The zero-order valence-electron chi connectivity index (χ0n) is 23.0. The van der Waals surface area contributed by atoms with Crippen molar-refractivity contribution in [1.29, 1.82) is 0 Å². The first kappa shape index (κ1) is 29.6. The number of carbonyl (C=O) groups is 2. The van der Waals surface area contributed by atoms with Crippen LogP contribution in [0.5, 0.6) is 5.75 Å². The van der Waals surface area contributed by atoms with Gasteiger partial charge >= 0.3 is 0 Å². The Bertz CT molecular complexity index is 1460. The Hall–Kier alpha value is -4.33. The number of carbonyl (C=O) groups excluding carboxylic acids is 2. The van der Waals surface area contributed by atoms with Crippen LogP contribution in [0, 0.1) is 6.92 Å². The van der Waals surface area contributed by atoms with Crippen LogP contribution in [0.25, 0.3) is 0 Å². The molecule has 1 aliphatic heterocycles. The molecular formula is C33H35ClN4O3. The predicted molar refractivity (Wildman–Crippen MR) is 167 cm³/mol. The molecule has 1 fully saturated rings. The van der Waals surface area contributed by atoms with Gasteiger partial charge in [0.05, 0.1) is 5.69 Å². The largest absolute Gasteiger partial charge is 0.506 e. The van der Waals surface area contributed by atoms with Crippen LogP contribution in [-0.2, 0) is 6.54 Å². The van der Waals surface area contributed by atoms with Crippen LogP contribution in [0.2, 0.25) is 0 Å². The van der Waals surface area contributed by atoms with Crippen molar-refractivity contribution in [3.05, 3.63) is 119 Å². The number of halogens is 1.